The van der Waals surface area contributed by atoms with Gasteiger partial charge in [0.25, 0.3) is 0 Å². The van der Waals surface area contributed by atoms with Gasteiger partial charge in [-0.2, -0.15) is 0 Å². The molecule has 1 unspecified atom stereocenters. The second-order valence-corrected chi connectivity index (χ2v) is 5.42. The van der Waals surface area contributed by atoms with E-state index in [1.807, 2.05) is 24.3 Å². The standard InChI is InChI=1S/C14H18ClNO2/c1-10(17)6-9-16-13(18)14(7-8-14)11-2-4-12(15)5-3-11/h2-5,10,17H,6-9H2,1H3,(H,16,18). The molecule has 0 spiro atoms. The number of carbonyl (C=O) groups is 1. The molecule has 2 N–H and O–H groups in total. The molecule has 1 aliphatic carbocycles. The summed E-state index contributed by atoms with van der Waals surface area (Å²) in [5.41, 5.74) is 0.671. The van der Waals surface area contributed by atoms with Gasteiger partial charge in [-0.25, -0.2) is 0 Å². The van der Waals surface area contributed by atoms with Crippen LogP contribution in [-0.4, -0.2) is 23.7 Å². The highest BCUT2D eigenvalue weighted by molar-refractivity contribution is 6.30. The van der Waals surface area contributed by atoms with Gasteiger partial charge in [-0.05, 0) is 43.9 Å². The maximum Gasteiger partial charge on any atom is 0.230 e. The van der Waals surface area contributed by atoms with Crippen LogP contribution in [0.15, 0.2) is 24.3 Å². The van der Waals surface area contributed by atoms with Gasteiger partial charge in [0.05, 0.1) is 11.5 Å². The topological polar surface area (TPSA) is 49.3 Å². The van der Waals surface area contributed by atoms with Gasteiger partial charge in [-0.3, -0.25) is 4.79 Å². The average Bonchev–Trinajstić information content (AvgIpc) is 3.10. The van der Waals surface area contributed by atoms with E-state index in [1.165, 1.54) is 0 Å². The summed E-state index contributed by atoms with van der Waals surface area (Å²) in [6, 6.07) is 7.48. The van der Waals surface area contributed by atoms with Crippen molar-refractivity contribution in [3.63, 3.8) is 0 Å². The average molecular weight is 268 g/mol. The van der Waals surface area contributed by atoms with Crippen molar-refractivity contribution in [2.24, 2.45) is 0 Å². The summed E-state index contributed by atoms with van der Waals surface area (Å²) in [4.78, 5) is 12.2. The molecule has 1 aliphatic rings. The van der Waals surface area contributed by atoms with Gasteiger partial charge in [-0.15, -0.1) is 0 Å². The summed E-state index contributed by atoms with van der Waals surface area (Å²) in [7, 11) is 0. The molecule has 0 aromatic heterocycles. The molecule has 18 heavy (non-hydrogen) atoms. The van der Waals surface area contributed by atoms with Crippen molar-refractivity contribution in [3.8, 4) is 0 Å². The van der Waals surface area contributed by atoms with Crippen molar-refractivity contribution in [1.82, 2.24) is 5.32 Å². The van der Waals surface area contributed by atoms with Crippen molar-refractivity contribution in [2.75, 3.05) is 6.54 Å². The number of rotatable bonds is 5. The number of halogens is 1. The second kappa shape index (κ2) is 5.29. The van der Waals surface area contributed by atoms with E-state index < -0.39 is 0 Å². The molecule has 1 aromatic rings. The van der Waals surface area contributed by atoms with Crippen molar-refractivity contribution >= 4 is 17.5 Å². The zero-order valence-corrected chi connectivity index (χ0v) is 11.2. The Bertz CT molecular complexity index is 424. The Labute approximate surface area is 112 Å². The highest BCUT2D eigenvalue weighted by atomic mass is 35.5. The van der Waals surface area contributed by atoms with E-state index >= 15 is 0 Å². The first-order chi connectivity index (χ1) is 8.54. The third-order valence-corrected chi connectivity index (χ3v) is 3.68. The van der Waals surface area contributed by atoms with Gasteiger partial charge < -0.3 is 10.4 Å². The summed E-state index contributed by atoms with van der Waals surface area (Å²) >= 11 is 5.85. The van der Waals surface area contributed by atoms with Crippen LogP contribution in [0, 0.1) is 0 Å². The smallest absolute Gasteiger partial charge is 0.230 e. The summed E-state index contributed by atoms with van der Waals surface area (Å²) in [5, 5.41) is 12.7. The predicted molar refractivity (Wildman–Crippen MR) is 71.7 cm³/mol. The lowest BCUT2D eigenvalue weighted by atomic mass is 9.95. The Morgan fingerprint density at radius 2 is 2.06 bits per heavy atom. The maximum absolute atomic E-state index is 12.2. The predicted octanol–water partition coefficient (Wildman–Crippen LogP) is 2.26. The highest BCUT2D eigenvalue weighted by Crippen LogP contribution is 2.48. The quantitative estimate of drug-likeness (QED) is 0.860. The second-order valence-electron chi connectivity index (χ2n) is 4.98. The van der Waals surface area contributed by atoms with Gasteiger partial charge in [-0.1, -0.05) is 23.7 Å². The molecule has 3 nitrogen and oxygen atoms in total. The van der Waals surface area contributed by atoms with Crippen LogP contribution in [0.2, 0.25) is 5.02 Å². The first-order valence-electron chi connectivity index (χ1n) is 6.27. The molecule has 1 saturated carbocycles. The SMILES string of the molecule is CC(O)CCNC(=O)C1(c2ccc(Cl)cc2)CC1. The van der Waals surface area contributed by atoms with Crippen LogP contribution >= 0.6 is 11.6 Å². The van der Waals surface area contributed by atoms with E-state index in [9.17, 15) is 4.79 Å². The van der Waals surface area contributed by atoms with Gasteiger partial charge in [0.2, 0.25) is 5.91 Å². The van der Waals surface area contributed by atoms with Crippen molar-refractivity contribution in [2.45, 2.75) is 37.7 Å². The summed E-state index contributed by atoms with van der Waals surface area (Å²) < 4.78 is 0. The molecule has 0 heterocycles. The normalized spacial score (nSPS) is 18.2. The van der Waals surface area contributed by atoms with Gasteiger partial charge in [0, 0.05) is 11.6 Å². The molecule has 0 aliphatic heterocycles. The molecule has 0 radical (unpaired) electrons. The molecule has 1 fully saturated rings. The summed E-state index contributed by atoms with van der Waals surface area (Å²) in [6.45, 7) is 2.24. The molecule has 1 aromatic carbocycles. The Morgan fingerprint density at radius 3 is 2.56 bits per heavy atom. The van der Waals surface area contributed by atoms with Crippen molar-refractivity contribution < 1.29 is 9.90 Å². The van der Waals surface area contributed by atoms with Gasteiger partial charge in [0.15, 0.2) is 0 Å². The van der Waals surface area contributed by atoms with Crippen LogP contribution in [-0.2, 0) is 10.2 Å². The highest BCUT2D eigenvalue weighted by Gasteiger charge is 2.50. The van der Waals surface area contributed by atoms with Gasteiger partial charge >= 0.3 is 0 Å². The Kier molecular flexibility index (Phi) is 3.93. The first-order valence-corrected chi connectivity index (χ1v) is 6.65. The van der Waals surface area contributed by atoms with Crippen molar-refractivity contribution in [3.05, 3.63) is 34.9 Å². The molecular weight excluding hydrogens is 250 g/mol. The lowest BCUT2D eigenvalue weighted by molar-refractivity contribution is -0.123. The van der Waals surface area contributed by atoms with Crippen molar-refractivity contribution in [1.29, 1.82) is 0 Å². The summed E-state index contributed by atoms with van der Waals surface area (Å²) in [6.07, 6.45) is 1.98. The lowest BCUT2D eigenvalue weighted by Crippen LogP contribution is -2.36. The molecule has 0 bridgehead atoms. The van der Waals surface area contributed by atoms with Crippen LogP contribution < -0.4 is 5.32 Å². The minimum absolute atomic E-state index is 0.0606. The third-order valence-electron chi connectivity index (χ3n) is 3.43. The van der Waals surface area contributed by atoms with Gasteiger partial charge in [0.1, 0.15) is 0 Å². The van der Waals surface area contributed by atoms with E-state index in [0.717, 1.165) is 18.4 Å². The largest absolute Gasteiger partial charge is 0.393 e. The molecule has 2 rings (SSSR count). The van der Waals surface area contributed by atoms with Crippen LogP contribution in [0.1, 0.15) is 31.7 Å². The van der Waals surface area contributed by atoms with Crippen LogP contribution in [0.5, 0.6) is 0 Å². The molecular formula is C14H18ClNO2. The number of benzene rings is 1. The number of hydrogen-bond acceptors (Lipinski definition) is 2. The van der Waals surface area contributed by atoms with Crippen LogP contribution in [0.3, 0.4) is 0 Å². The molecule has 4 heteroatoms. The van der Waals surface area contributed by atoms with Crippen LogP contribution in [0.4, 0.5) is 0 Å². The first kappa shape index (κ1) is 13.4. The third kappa shape index (κ3) is 2.85. The number of aliphatic hydroxyl groups is 1. The lowest BCUT2D eigenvalue weighted by Gasteiger charge is -2.16. The number of hydrogen-bond donors (Lipinski definition) is 2. The fourth-order valence-corrected chi connectivity index (χ4v) is 2.23. The van der Waals surface area contributed by atoms with E-state index in [1.54, 1.807) is 6.92 Å². The minimum atomic E-state index is -0.379. The molecule has 1 atom stereocenters. The monoisotopic (exact) mass is 267 g/mol. The van der Waals surface area contributed by atoms with E-state index in [2.05, 4.69) is 5.32 Å². The summed E-state index contributed by atoms with van der Waals surface area (Å²) in [5.74, 6) is 0.0606. The zero-order chi connectivity index (χ0) is 13.2. The van der Waals surface area contributed by atoms with E-state index in [0.29, 0.717) is 18.0 Å². The number of carbonyl (C=O) groups excluding carboxylic acids is 1. The minimum Gasteiger partial charge on any atom is -0.393 e. The van der Waals surface area contributed by atoms with E-state index in [4.69, 9.17) is 16.7 Å². The Hall–Kier alpha value is -1.06. The Balaban J connectivity index is 1.98. The fourth-order valence-electron chi connectivity index (χ4n) is 2.10. The number of aliphatic hydroxyl groups excluding tert-OH is 1. The molecule has 98 valence electrons. The Morgan fingerprint density at radius 1 is 1.44 bits per heavy atom. The molecule has 1 amide bonds. The van der Waals surface area contributed by atoms with Crippen LogP contribution in [0.25, 0.3) is 0 Å². The van der Waals surface area contributed by atoms with E-state index in [-0.39, 0.29) is 17.4 Å². The molecule has 0 saturated heterocycles. The zero-order valence-electron chi connectivity index (χ0n) is 10.4. The fraction of sp³-hybridized carbons (Fsp3) is 0.500. The number of amides is 1. The number of nitrogens with one attached hydrogen (secondary N) is 1. The maximum atomic E-state index is 12.2.